The van der Waals surface area contributed by atoms with Crippen molar-refractivity contribution in [3.8, 4) is 18.1 Å². The molecule has 0 heterocycles. The number of benzene rings is 2. The number of rotatable bonds is 7. The van der Waals surface area contributed by atoms with Crippen LogP contribution in [0.5, 0.6) is 5.75 Å². The minimum absolute atomic E-state index is 0.306. The van der Waals surface area contributed by atoms with E-state index in [4.69, 9.17) is 11.2 Å². The van der Waals surface area contributed by atoms with Crippen LogP contribution in [-0.2, 0) is 6.61 Å². The van der Waals surface area contributed by atoms with Crippen LogP contribution in [0, 0.1) is 18.2 Å². The lowest BCUT2D eigenvalue weighted by atomic mass is 10.0. The van der Waals surface area contributed by atoms with E-state index in [2.05, 4.69) is 17.8 Å². The summed E-state index contributed by atoms with van der Waals surface area (Å²) in [5, 5.41) is 3.11. The lowest BCUT2D eigenvalue weighted by molar-refractivity contribution is 0.304. The molecule has 112 valence electrons. The summed E-state index contributed by atoms with van der Waals surface area (Å²) >= 11 is 0. The van der Waals surface area contributed by atoms with E-state index in [0.29, 0.717) is 25.4 Å². The standard InChI is InChI=1S/C19H18FNO/c1-3-10-21-13-15(2)17-7-4-6-16(11-17)14-22-19-9-5-8-18(20)12-19/h1,4-9,11-12,21H,2,10,13-14H2. The SMILES string of the molecule is C#CCNCC(=C)c1cccc(COc2cccc(F)c2)c1. The van der Waals surface area contributed by atoms with Crippen LogP contribution in [0.4, 0.5) is 4.39 Å². The van der Waals surface area contributed by atoms with E-state index in [0.717, 1.165) is 16.7 Å². The van der Waals surface area contributed by atoms with Gasteiger partial charge in [-0.05, 0) is 34.9 Å². The molecule has 2 aromatic rings. The van der Waals surface area contributed by atoms with E-state index in [1.165, 1.54) is 12.1 Å². The smallest absolute Gasteiger partial charge is 0.126 e. The summed E-state index contributed by atoms with van der Waals surface area (Å²) in [6.45, 7) is 5.58. The molecule has 0 aliphatic heterocycles. The predicted molar refractivity (Wildman–Crippen MR) is 87.9 cm³/mol. The van der Waals surface area contributed by atoms with Crippen molar-refractivity contribution in [3.63, 3.8) is 0 Å². The highest BCUT2D eigenvalue weighted by Gasteiger charge is 2.02. The Morgan fingerprint density at radius 3 is 2.82 bits per heavy atom. The van der Waals surface area contributed by atoms with Crippen molar-refractivity contribution >= 4 is 5.57 Å². The van der Waals surface area contributed by atoms with Crippen LogP contribution < -0.4 is 10.1 Å². The molecule has 0 aliphatic rings. The molecule has 3 heteroatoms. The highest BCUT2D eigenvalue weighted by Crippen LogP contribution is 2.17. The minimum Gasteiger partial charge on any atom is -0.489 e. The van der Waals surface area contributed by atoms with Crippen LogP contribution in [0.15, 0.2) is 55.1 Å². The fourth-order valence-electron chi connectivity index (χ4n) is 1.99. The summed E-state index contributed by atoms with van der Waals surface area (Å²) in [5.74, 6) is 2.73. The molecule has 2 nitrogen and oxygen atoms in total. The third-order valence-corrected chi connectivity index (χ3v) is 3.10. The second kappa shape index (κ2) is 8.02. The van der Waals surface area contributed by atoms with Crippen LogP contribution in [0.2, 0.25) is 0 Å². The number of nitrogens with one attached hydrogen (secondary N) is 1. The zero-order chi connectivity index (χ0) is 15.8. The fraction of sp³-hybridized carbons (Fsp3) is 0.158. The highest BCUT2D eigenvalue weighted by molar-refractivity contribution is 5.65. The lowest BCUT2D eigenvalue weighted by Gasteiger charge is -2.10. The van der Waals surface area contributed by atoms with Gasteiger partial charge in [0.05, 0.1) is 6.54 Å². The van der Waals surface area contributed by atoms with Gasteiger partial charge in [-0.2, -0.15) is 0 Å². The maximum Gasteiger partial charge on any atom is 0.126 e. The first kappa shape index (κ1) is 15.8. The van der Waals surface area contributed by atoms with Crippen LogP contribution in [-0.4, -0.2) is 13.1 Å². The minimum atomic E-state index is -0.306. The van der Waals surface area contributed by atoms with Crippen molar-refractivity contribution in [1.82, 2.24) is 5.32 Å². The van der Waals surface area contributed by atoms with Crippen molar-refractivity contribution in [2.75, 3.05) is 13.1 Å². The monoisotopic (exact) mass is 295 g/mol. The molecule has 0 aromatic heterocycles. The van der Waals surface area contributed by atoms with Crippen molar-refractivity contribution in [2.45, 2.75) is 6.61 Å². The molecule has 0 bridgehead atoms. The predicted octanol–water partition coefficient (Wildman–Crippen LogP) is 3.64. The maximum atomic E-state index is 13.1. The third kappa shape index (κ3) is 4.76. The number of hydrogen-bond acceptors (Lipinski definition) is 2. The Hall–Kier alpha value is -2.57. The van der Waals surface area contributed by atoms with Gasteiger partial charge in [-0.25, -0.2) is 4.39 Å². The Balaban J connectivity index is 1.96. The zero-order valence-electron chi connectivity index (χ0n) is 12.3. The van der Waals surface area contributed by atoms with Gasteiger partial charge in [0.1, 0.15) is 18.2 Å². The molecular formula is C19H18FNO. The molecule has 0 unspecified atom stereocenters. The van der Waals surface area contributed by atoms with Gasteiger partial charge in [-0.15, -0.1) is 6.42 Å². The van der Waals surface area contributed by atoms with Gasteiger partial charge in [-0.3, -0.25) is 0 Å². The van der Waals surface area contributed by atoms with Gasteiger partial charge in [0.2, 0.25) is 0 Å². The molecule has 0 radical (unpaired) electrons. The molecule has 0 amide bonds. The molecular weight excluding hydrogens is 277 g/mol. The summed E-state index contributed by atoms with van der Waals surface area (Å²) in [6.07, 6.45) is 5.20. The van der Waals surface area contributed by atoms with Gasteiger partial charge >= 0.3 is 0 Å². The van der Waals surface area contributed by atoms with Crippen LogP contribution >= 0.6 is 0 Å². The van der Waals surface area contributed by atoms with Gasteiger partial charge in [-0.1, -0.05) is 36.8 Å². The average molecular weight is 295 g/mol. The number of halogens is 1. The van der Waals surface area contributed by atoms with Crippen molar-refractivity contribution < 1.29 is 9.13 Å². The van der Waals surface area contributed by atoms with E-state index in [-0.39, 0.29) is 5.82 Å². The van der Waals surface area contributed by atoms with E-state index in [1.807, 2.05) is 24.3 Å². The van der Waals surface area contributed by atoms with E-state index in [9.17, 15) is 4.39 Å². The van der Waals surface area contributed by atoms with Crippen LogP contribution in [0.25, 0.3) is 5.57 Å². The lowest BCUT2D eigenvalue weighted by Crippen LogP contribution is -2.16. The van der Waals surface area contributed by atoms with Gasteiger partial charge < -0.3 is 10.1 Å². The first-order chi connectivity index (χ1) is 10.7. The molecule has 2 aromatic carbocycles. The summed E-state index contributed by atoms with van der Waals surface area (Å²) < 4.78 is 18.7. The number of terminal acetylenes is 1. The van der Waals surface area contributed by atoms with Crippen molar-refractivity contribution in [1.29, 1.82) is 0 Å². The Bertz CT molecular complexity index is 688. The normalized spacial score (nSPS) is 10.0. The molecule has 2 rings (SSSR count). The first-order valence-electron chi connectivity index (χ1n) is 6.98. The molecule has 0 fully saturated rings. The molecule has 0 aliphatic carbocycles. The van der Waals surface area contributed by atoms with Crippen molar-refractivity contribution in [3.05, 3.63) is 72.1 Å². The summed E-state index contributed by atoms with van der Waals surface area (Å²) in [7, 11) is 0. The van der Waals surface area contributed by atoms with Crippen LogP contribution in [0.1, 0.15) is 11.1 Å². The second-order valence-corrected chi connectivity index (χ2v) is 4.86. The summed E-state index contributed by atoms with van der Waals surface area (Å²) in [6, 6.07) is 14.0. The molecule has 0 spiro atoms. The topological polar surface area (TPSA) is 21.3 Å². The van der Waals surface area contributed by atoms with E-state index < -0.39 is 0 Å². The highest BCUT2D eigenvalue weighted by atomic mass is 19.1. The van der Waals surface area contributed by atoms with Crippen molar-refractivity contribution in [2.24, 2.45) is 0 Å². The van der Waals surface area contributed by atoms with Crippen LogP contribution in [0.3, 0.4) is 0 Å². The van der Waals surface area contributed by atoms with E-state index in [1.54, 1.807) is 12.1 Å². The van der Waals surface area contributed by atoms with Gasteiger partial charge in [0, 0.05) is 12.6 Å². The quantitative estimate of drug-likeness (QED) is 0.622. The second-order valence-electron chi connectivity index (χ2n) is 4.86. The molecule has 0 saturated heterocycles. The zero-order valence-corrected chi connectivity index (χ0v) is 12.3. The summed E-state index contributed by atoms with van der Waals surface area (Å²) in [5.41, 5.74) is 2.99. The maximum absolute atomic E-state index is 13.1. The number of ether oxygens (including phenoxy) is 1. The largest absolute Gasteiger partial charge is 0.489 e. The first-order valence-corrected chi connectivity index (χ1v) is 6.98. The van der Waals surface area contributed by atoms with E-state index >= 15 is 0 Å². The Labute approximate surface area is 130 Å². The Kier molecular flexibility index (Phi) is 5.76. The molecule has 0 saturated carbocycles. The average Bonchev–Trinajstić information content (AvgIpc) is 2.53. The molecule has 1 N–H and O–H groups in total. The molecule has 22 heavy (non-hydrogen) atoms. The Morgan fingerprint density at radius 1 is 1.23 bits per heavy atom. The third-order valence-electron chi connectivity index (χ3n) is 3.10. The number of hydrogen-bond donors (Lipinski definition) is 1. The fourth-order valence-corrected chi connectivity index (χ4v) is 1.99. The van der Waals surface area contributed by atoms with Gasteiger partial charge in [0.25, 0.3) is 0 Å². The Morgan fingerprint density at radius 2 is 2.05 bits per heavy atom. The molecule has 0 atom stereocenters. The summed E-state index contributed by atoms with van der Waals surface area (Å²) in [4.78, 5) is 0. The van der Waals surface area contributed by atoms with Gasteiger partial charge in [0.15, 0.2) is 0 Å².